The van der Waals surface area contributed by atoms with Gasteiger partial charge in [-0.25, -0.2) is 0 Å². The Balaban J connectivity index is 4.19. The van der Waals surface area contributed by atoms with Crippen LogP contribution in [0, 0.1) is 5.92 Å². The zero-order valence-electron chi connectivity index (χ0n) is 8.78. The van der Waals surface area contributed by atoms with Gasteiger partial charge in [-0.2, -0.15) is 0 Å². The van der Waals surface area contributed by atoms with Crippen molar-refractivity contribution < 1.29 is 19.1 Å². The molecule has 4 heteroatoms. The normalized spacial score (nSPS) is 14.2. The minimum absolute atomic E-state index is 0.0280. The van der Waals surface area contributed by atoms with Crippen LogP contribution >= 0.6 is 0 Å². The summed E-state index contributed by atoms with van der Waals surface area (Å²) in [6, 6.07) is 0. The quantitative estimate of drug-likeness (QED) is 0.578. The molecule has 0 rings (SSSR count). The third-order valence-electron chi connectivity index (χ3n) is 2.21. The number of Topliss-reactive ketones (excluding diaryl/α,β-unsaturated/α-hetero) is 2. The fraction of sp³-hybridized carbons (Fsp3) is 0.700. The highest BCUT2D eigenvalue weighted by Crippen LogP contribution is 2.14. The van der Waals surface area contributed by atoms with E-state index in [1.165, 1.54) is 13.8 Å². The summed E-state index contributed by atoms with van der Waals surface area (Å²) in [6.45, 7) is 4.93. The molecule has 0 aromatic carbocycles. The van der Waals surface area contributed by atoms with Gasteiger partial charge in [0.15, 0.2) is 0 Å². The molecule has 0 heterocycles. The summed E-state index contributed by atoms with van der Waals surface area (Å²) in [5.74, 6) is -0.361. The monoisotopic (exact) mass is 200 g/mol. The lowest BCUT2D eigenvalue weighted by molar-refractivity contribution is -0.140. The molecule has 2 unspecified atom stereocenters. The molecule has 0 aliphatic heterocycles. The number of rotatable bonds is 7. The second kappa shape index (κ2) is 6.29. The number of hydrogen-bond acceptors (Lipinski definition) is 4. The van der Waals surface area contributed by atoms with Gasteiger partial charge in [-0.05, 0) is 20.3 Å². The van der Waals surface area contributed by atoms with Gasteiger partial charge >= 0.3 is 0 Å². The molecule has 0 saturated heterocycles. The number of ketones is 2. The smallest absolute Gasteiger partial charge is 0.293 e. The average molecular weight is 200 g/mol. The largest absolute Gasteiger partial charge is 0.464 e. The zero-order valence-corrected chi connectivity index (χ0v) is 8.78. The Morgan fingerprint density at radius 2 is 1.93 bits per heavy atom. The third kappa shape index (κ3) is 4.74. The summed E-state index contributed by atoms with van der Waals surface area (Å²) >= 11 is 0. The third-order valence-corrected chi connectivity index (χ3v) is 2.21. The van der Waals surface area contributed by atoms with Crippen LogP contribution in [0.3, 0.4) is 0 Å². The molecule has 0 N–H and O–H groups in total. The lowest BCUT2D eigenvalue weighted by Gasteiger charge is -2.19. The molecule has 0 aliphatic rings. The van der Waals surface area contributed by atoms with Crippen molar-refractivity contribution in [2.75, 3.05) is 0 Å². The van der Waals surface area contributed by atoms with Gasteiger partial charge in [0.1, 0.15) is 17.7 Å². The van der Waals surface area contributed by atoms with Crippen molar-refractivity contribution in [3.05, 3.63) is 0 Å². The minimum Gasteiger partial charge on any atom is -0.464 e. The van der Waals surface area contributed by atoms with E-state index in [2.05, 4.69) is 0 Å². The molecule has 0 aromatic rings. The highest BCUT2D eigenvalue weighted by Gasteiger charge is 2.22. The summed E-state index contributed by atoms with van der Waals surface area (Å²) in [7, 11) is 0. The average Bonchev–Trinajstić information content (AvgIpc) is 2.10. The Labute approximate surface area is 83.6 Å². The van der Waals surface area contributed by atoms with E-state index in [1.54, 1.807) is 6.92 Å². The number of ether oxygens (including phenoxy) is 1. The summed E-state index contributed by atoms with van der Waals surface area (Å²) in [6.07, 6.45) is 0.263. The van der Waals surface area contributed by atoms with Crippen molar-refractivity contribution in [2.24, 2.45) is 5.92 Å². The van der Waals surface area contributed by atoms with E-state index in [1.807, 2.05) is 0 Å². The molecule has 0 aromatic heterocycles. The predicted octanol–water partition coefficient (Wildman–Crippen LogP) is 1.12. The predicted molar refractivity (Wildman–Crippen MR) is 50.7 cm³/mol. The molecule has 0 saturated carbocycles. The Morgan fingerprint density at radius 1 is 1.36 bits per heavy atom. The molecule has 2 atom stereocenters. The van der Waals surface area contributed by atoms with Gasteiger partial charge in [0.2, 0.25) is 0 Å². The first-order chi connectivity index (χ1) is 6.49. The summed E-state index contributed by atoms with van der Waals surface area (Å²) in [5, 5.41) is 0. The van der Waals surface area contributed by atoms with Gasteiger partial charge in [-0.15, -0.1) is 0 Å². The maximum absolute atomic E-state index is 11.0. The van der Waals surface area contributed by atoms with Crippen LogP contribution in [-0.2, 0) is 19.1 Å². The number of carbonyl (C=O) groups excluding carboxylic acids is 3. The van der Waals surface area contributed by atoms with Crippen LogP contribution in [0.15, 0.2) is 0 Å². The van der Waals surface area contributed by atoms with Gasteiger partial charge < -0.3 is 9.53 Å². The summed E-state index contributed by atoms with van der Waals surface area (Å²) in [5.41, 5.74) is 0. The van der Waals surface area contributed by atoms with Crippen molar-refractivity contribution >= 4 is 18.0 Å². The molecule has 0 aliphatic carbocycles. The Kier molecular flexibility index (Phi) is 5.76. The maximum Gasteiger partial charge on any atom is 0.293 e. The standard InChI is InChI=1S/C10H16O4/c1-7(12)4-5-10(14-6-11)8(2)9(3)13/h6,8,10H,4-5H2,1-3H3. The minimum atomic E-state index is -0.478. The van der Waals surface area contributed by atoms with Crippen LogP contribution in [0.4, 0.5) is 0 Å². The fourth-order valence-corrected chi connectivity index (χ4v) is 1.11. The lowest BCUT2D eigenvalue weighted by atomic mass is 9.96. The first-order valence-corrected chi connectivity index (χ1v) is 4.58. The summed E-state index contributed by atoms with van der Waals surface area (Å²) in [4.78, 5) is 31.9. The zero-order chi connectivity index (χ0) is 11.1. The number of hydrogen-bond donors (Lipinski definition) is 0. The van der Waals surface area contributed by atoms with E-state index in [4.69, 9.17) is 4.74 Å². The maximum atomic E-state index is 11.0. The van der Waals surface area contributed by atoms with E-state index >= 15 is 0 Å². The highest BCUT2D eigenvalue weighted by atomic mass is 16.5. The van der Waals surface area contributed by atoms with Gasteiger partial charge in [0.05, 0.1) is 5.92 Å². The van der Waals surface area contributed by atoms with Crippen LogP contribution < -0.4 is 0 Å². The highest BCUT2D eigenvalue weighted by molar-refractivity contribution is 5.79. The van der Waals surface area contributed by atoms with Crippen LogP contribution in [0.5, 0.6) is 0 Å². The molecule has 80 valence electrons. The summed E-state index contributed by atoms with van der Waals surface area (Å²) < 4.78 is 4.76. The van der Waals surface area contributed by atoms with Crippen molar-refractivity contribution in [1.29, 1.82) is 0 Å². The first-order valence-electron chi connectivity index (χ1n) is 4.58. The van der Waals surface area contributed by atoms with Crippen LogP contribution in [0.25, 0.3) is 0 Å². The molecule has 4 nitrogen and oxygen atoms in total. The molecule has 0 amide bonds. The second-order valence-corrected chi connectivity index (χ2v) is 3.41. The molecular weight excluding hydrogens is 184 g/mol. The molecule has 0 spiro atoms. The number of carbonyl (C=O) groups is 3. The van der Waals surface area contributed by atoms with E-state index in [0.717, 1.165) is 0 Å². The Hall–Kier alpha value is -1.19. The second-order valence-electron chi connectivity index (χ2n) is 3.41. The topological polar surface area (TPSA) is 60.4 Å². The fourth-order valence-electron chi connectivity index (χ4n) is 1.11. The first kappa shape index (κ1) is 12.8. The van der Waals surface area contributed by atoms with Gasteiger partial charge in [-0.1, -0.05) is 6.92 Å². The van der Waals surface area contributed by atoms with Gasteiger partial charge in [0, 0.05) is 6.42 Å². The van der Waals surface area contributed by atoms with Crippen molar-refractivity contribution in [1.82, 2.24) is 0 Å². The van der Waals surface area contributed by atoms with Gasteiger partial charge in [0.25, 0.3) is 6.47 Å². The van der Waals surface area contributed by atoms with Gasteiger partial charge in [-0.3, -0.25) is 9.59 Å². The van der Waals surface area contributed by atoms with E-state index in [-0.39, 0.29) is 17.5 Å². The molecule has 0 fully saturated rings. The van der Waals surface area contributed by atoms with Crippen molar-refractivity contribution in [3.63, 3.8) is 0 Å². The molecule has 14 heavy (non-hydrogen) atoms. The molecule has 0 bridgehead atoms. The van der Waals surface area contributed by atoms with Crippen LogP contribution in [0.2, 0.25) is 0 Å². The van der Waals surface area contributed by atoms with Crippen LogP contribution in [0.1, 0.15) is 33.6 Å². The van der Waals surface area contributed by atoms with Crippen molar-refractivity contribution in [3.8, 4) is 0 Å². The lowest BCUT2D eigenvalue weighted by Crippen LogP contribution is -2.27. The van der Waals surface area contributed by atoms with E-state index < -0.39 is 6.10 Å². The Morgan fingerprint density at radius 3 is 2.29 bits per heavy atom. The van der Waals surface area contributed by atoms with Crippen molar-refractivity contribution in [2.45, 2.75) is 39.7 Å². The molecule has 0 radical (unpaired) electrons. The Bertz CT molecular complexity index is 222. The SMILES string of the molecule is CC(=O)CCC(OC=O)C(C)C(C)=O. The molecular formula is C10H16O4. The van der Waals surface area contributed by atoms with E-state index in [0.29, 0.717) is 19.3 Å². The van der Waals surface area contributed by atoms with E-state index in [9.17, 15) is 14.4 Å². The van der Waals surface area contributed by atoms with Crippen LogP contribution in [-0.4, -0.2) is 24.1 Å².